The summed E-state index contributed by atoms with van der Waals surface area (Å²) in [5, 5.41) is 63.9. The molecule has 4 saturated heterocycles. The highest BCUT2D eigenvalue weighted by Gasteiger charge is 2.56. The van der Waals surface area contributed by atoms with Crippen LogP contribution < -0.4 is 30.3 Å². The third kappa shape index (κ3) is 18.3. The van der Waals surface area contributed by atoms with E-state index in [1.54, 1.807) is 77.2 Å². The molecule has 89 heavy (non-hydrogen) atoms. The minimum absolute atomic E-state index is 0.0282. The lowest BCUT2D eigenvalue weighted by Crippen LogP contribution is -2.66. The SMILES string of the molecule is CC#C/C=C\C#C[C@H](OC1OC(C)C(NOC2CC(O)C(SC(=O)c3c(C)c(I)c(OC4OC(C)C(O)C(OC)C4O)c(OC)c3OC)C(C)O2)C(O)C1OC1CC(OC)C(NCC)CO1)C1/C(=C\CSSC(C)C)[C@](O)(C(C)C)CC(=O)C1NC(=O)OC. The van der Waals surface area contributed by atoms with Crippen LogP contribution in [-0.4, -0.2) is 224 Å². The number of likely N-dealkylation sites (N-methyl/N-ethyl adjacent to an activating group) is 1. The van der Waals surface area contributed by atoms with E-state index in [-0.39, 0.29) is 66.1 Å². The van der Waals surface area contributed by atoms with Gasteiger partial charge in [0.15, 0.2) is 36.2 Å². The van der Waals surface area contributed by atoms with Crippen LogP contribution in [0, 0.1) is 46.0 Å². The van der Waals surface area contributed by atoms with Gasteiger partial charge in [0.1, 0.15) is 42.7 Å². The average molecular weight is 1420 g/mol. The van der Waals surface area contributed by atoms with Gasteiger partial charge in [0.05, 0.1) is 90.5 Å². The molecule has 0 radical (unpaired) electrons. The minimum Gasteiger partial charge on any atom is -0.492 e. The van der Waals surface area contributed by atoms with E-state index < -0.39 is 138 Å². The third-order valence-corrected chi connectivity index (χ3v) is 21.7. The molecule has 0 bridgehead atoms. The van der Waals surface area contributed by atoms with Crippen LogP contribution in [0.25, 0.3) is 0 Å². The van der Waals surface area contributed by atoms with Gasteiger partial charge in [-0.3, -0.25) is 14.4 Å². The Labute approximate surface area is 548 Å². The lowest BCUT2D eigenvalue weighted by atomic mass is 9.64. The van der Waals surface area contributed by atoms with Crippen molar-refractivity contribution in [3.8, 4) is 40.9 Å². The van der Waals surface area contributed by atoms with Crippen molar-refractivity contribution in [1.29, 1.82) is 0 Å². The van der Waals surface area contributed by atoms with Gasteiger partial charge in [-0.25, -0.2) is 4.79 Å². The van der Waals surface area contributed by atoms with Crippen LogP contribution in [0.4, 0.5) is 4.79 Å². The minimum atomic E-state index is -1.72. The number of allylic oxidation sites excluding steroid dienone is 2. The van der Waals surface area contributed by atoms with E-state index in [9.17, 15) is 39.9 Å². The molecule has 24 nitrogen and oxygen atoms in total. The largest absolute Gasteiger partial charge is 0.492 e. The number of hydroxylamine groups is 1. The molecule has 0 spiro atoms. The molecule has 1 amide bonds. The van der Waals surface area contributed by atoms with Crippen molar-refractivity contribution in [2.24, 2.45) is 11.8 Å². The number of ether oxygens (including phenoxy) is 12. The van der Waals surface area contributed by atoms with Gasteiger partial charge < -0.3 is 93.0 Å². The predicted molar refractivity (Wildman–Crippen MR) is 342 cm³/mol. The van der Waals surface area contributed by atoms with Crippen LogP contribution in [0.2, 0.25) is 0 Å². The van der Waals surface area contributed by atoms with E-state index in [2.05, 4.69) is 53.6 Å². The van der Waals surface area contributed by atoms with Crippen LogP contribution in [0.15, 0.2) is 23.8 Å². The molecule has 4 aliphatic heterocycles. The molecule has 500 valence electrons. The lowest BCUT2D eigenvalue weighted by molar-refractivity contribution is -0.339. The number of hydrogen-bond acceptors (Lipinski definition) is 26. The Morgan fingerprint density at radius 2 is 1.56 bits per heavy atom. The number of methoxy groups -OCH3 is 5. The quantitative estimate of drug-likeness (QED) is 0.0173. The first-order valence-corrected chi connectivity index (χ1v) is 34.0. The zero-order chi connectivity index (χ0) is 65.6. The van der Waals surface area contributed by atoms with Crippen molar-refractivity contribution in [1.82, 2.24) is 16.1 Å². The average Bonchev–Trinajstić information content (AvgIpc) is 1.54. The first kappa shape index (κ1) is 75.0. The van der Waals surface area contributed by atoms with Gasteiger partial charge in [-0.05, 0) is 93.0 Å². The second-order valence-corrected chi connectivity index (χ2v) is 27.9. The fourth-order valence-electron chi connectivity index (χ4n) is 11.4. The maximum Gasteiger partial charge on any atom is 0.407 e. The second-order valence-electron chi connectivity index (χ2n) is 22.7. The van der Waals surface area contributed by atoms with Crippen LogP contribution >= 0.6 is 55.9 Å². The molecule has 1 aliphatic carbocycles. The van der Waals surface area contributed by atoms with E-state index in [4.69, 9.17) is 61.7 Å². The number of hydrogen-bond donors (Lipinski definition) is 8. The van der Waals surface area contributed by atoms with E-state index >= 15 is 0 Å². The number of Topliss-reactive ketones (excluding diaryl/α,β-unsaturated/α-hetero) is 1. The number of carbonyl (C=O) groups excluding carboxylic acids is 3. The molecule has 5 fully saturated rings. The van der Waals surface area contributed by atoms with Gasteiger partial charge in [0, 0.05) is 50.4 Å². The summed E-state index contributed by atoms with van der Waals surface area (Å²) in [5.74, 6) is 10.2. The number of amides is 1. The number of halogens is 1. The molecule has 19 unspecified atom stereocenters. The Bertz CT molecular complexity index is 2720. The first-order chi connectivity index (χ1) is 42.3. The Hall–Kier alpha value is -3.03. The molecule has 1 saturated carbocycles. The monoisotopic (exact) mass is 1420 g/mol. The first-order valence-electron chi connectivity index (χ1n) is 29.6. The Morgan fingerprint density at radius 1 is 0.865 bits per heavy atom. The summed E-state index contributed by atoms with van der Waals surface area (Å²) >= 11 is 2.84. The normalized spacial score (nSPS) is 35.0. The number of carbonyl (C=O) groups is 3. The van der Waals surface area contributed by atoms with Gasteiger partial charge in [0.25, 0.3) is 0 Å². The van der Waals surface area contributed by atoms with E-state index in [0.717, 1.165) is 11.8 Å². The van der Waals surface area contributed by atoms with Gasteiger partial charge >= 0.3 is 6.09 Å². The van der Waals surface area contributed by atoms with E-state index in [1.165, 1.54) is 40.6 Å². The van der Waals surface area contributed by atoms with E-state index in [0.29, 0.717) is 27.0 Å². The molecule has 28 heteroatoms. The van der Waals surface area contributed by atoms with Crippen LogP contribution in [0.5, 0.6) is 17.2 Å². The van der Waals surface area contributed by atoms with Crippen LogP contribution in [0.1, 0.15) is 97.5 Å². The number of alkyl carbamates (subject to hydrolysis) is 1. The van der Waals surface area contributed by atoms with E-state index in [1.807, 2.05) is 35.6 Å². The van der Waals surface area contributed by atoms with Crippen molar-refractivity contribution in [3.05, 3.63) is 38.5 Å². The summed E-state index contributed by atoms with van der Waals surface area (Å²) in [6.45, 7) is 18.9. The van der Waals surface area contributed by atoms with Crippen molar-refractivity contribution in [2.45, 2.75) is 215 Å². The topological polar surface area (TPSA) is 308 Å². The zero-order valence-corrected chi connectivity index (χ0v) is 57.7. The second kappa shape index (κ2) is 34.9. The number of nitrogens with one attached hydrogen (secondary N) is 3. The molecule has 21 atom stereocenters. The Morgan fingerprint density at radius 3 is 2.18 bits per heavy atom. The molecule has 1 aromatic carbocycles. The van der Waals surface area contributed by atoms with Crippen molar-refractivity contribution in [3.63, 3.8) is 0 Å². The van der Waals surface area contributed by atoms with Crippen molar-refractivity contribution in [2.75, 3.05) is 54.5 Å². The highest BCUT2D eigenvalue weighted by atomic mass is 127. The number of rotatable bonds is 24. The highest BCUT2D eigenvalue weighted by molar-refractivity contribution is 14.1. The Kier molecular flexibility index (Phi) is 29.4. The summed E-state index contributed by atoms with van der Waals surface area (Å²) in [5.41, 5.74) is 2.18. The molecule has 8 N–H and O–H groups in total. The zero-order valence-electron chi connectivity index (χ0n) is 53.0. The number of aliphatic hydroxyl groups is 5. The maximum atomic E-state index is 14.5. The molecule has 4 heterocycles. The van der Waals surface area contributed by atoms with Gasteiger partial charge in [-0.15, -0.1) is 5.92 Å². The number of benzene rings is 1. The van der Waals surface area contributed by atoms with Gasteiger partial charge in [0.2, 0.25) is 17.2 Å². The van der Waals surface area contributed by atoms with Crippen LogP contribution in [0.3, 0.4) is 0 Å². The summed E-state index contributed by atoms with van der Waals surface area (Å²) in [6.07, 6.45) is -13.1. The van der Waals surface area contributed by atoms with Gasteiger partial charge in [-0.1, -0.05) is 91.8 Å². The number of ketones is 1. The van der Waals surface area contributed by atoms with Crippen LogP contribution in [-0.2, 0) is 52.3 Å². The molecule has 1 aromatic rings. The fourth-order valence-corrected chi connectivity index (χ4v) is 15.0. The smallest absolute Gasteiger partial charge is 0.407 e. The maximum absolute atomic E-state index is 14.5. The molecular weight excluding hydrogens is 1330 g/mol. The lowest BCUT2D eigenvalue weighted by Gasteiger charge is -2.49. The molecule has 0 aromatic heterocycles. The number of aliphatic hydroxyl groups excluding tert-OH is 4. The van der Waals surface area contributed by atoms with Gasteiger partial charge in [-0.2, -0.15) is 5.48 Å². The number of thioether (sulfide) groups is 1. The molecule has 5 aliphatic rings. The summed E-state index contributed by atoms with van der Waals surface area (Å²) < 4.78 is 73.3. The fraction of sp³-hybridized carbons (Fsp3) is 0.721. The Balaban J connectivity index is 1.28. The van der Waals surface area contributed by atoms with Crippen molar-refractivity contribution < 1.29 is 102 Å². The van der Waals surface area contributed by atoms with Crippen molar-refractivity contribution >= 4 is 72.9 Å². The molecule has 6 rings (SSSR count). The standard InChI is InChI=1S/C61H90IN3O21S3/c1-16-18-19-20-21-22-39(44-35(23-24-87-89-30(5)6)61(73,29(3)4)27-38(67)47(44)64-60(72)78-15)83-59-54(84-41-26-40(74-11)36(28-79-41)63-17-2)49(69)46(32(8)81-59)65-86-42-25-37(66)56(34(10)80-42)88-57(71)43-31(7)45(62)52(55(77-14)51(43)75-12)85-58-50(70)53(76-13)48(68)33(9)82-58/h19-20,23,29-30,32-34,36-37,39-42,44,46-50,53-54,56,58-59,63,65-66,68-70,73H,17,24-28H2,1-15H3,(H,64,72)/b20-19-,35-23+/t32?,33?,34?,36?,37?,39-,40?,41?,42?,44?,46?,47?,48?,49?,50?,53?,54?,56?,58?,59?,61+/m0/s1. The highest BCUT2D eigenvalue weighted by Crippen LogP contribution is 2.49. The summed E-state index contributed by atoms with van der Waals surface area (Å²) in [7, 11) is 10.0. The molecular formula is C61H90IN3O21S3. The predicted octanol–water partition coefficient (Wildman–Crippen LogP) is 4.72. The third-order valence-electron chi connectivity index (χ3n) is 16.2. The summed E-state index contributed by atoms with van der Waals surface area (Å²) in [4.78, 5) is 48.3. The summed E-state index contributed by atoms with van der Waals surface area (Å²) in [6, 6.07) is -2.59.